The molecule has 37 heavy (non-hydrogen) atoms. The minimum atomic E-state index is -4.17. The molecule has 12 nitrogen and oxygen atoms in total. The number of aromatic amines is 1. The molecule has 0 spiro atoms. The summed E-state index contributed by atoms with van der Waals surface area (Å²) in [6, 6.07) is 7.17. The highest BCUT2D eigenvalue weighted by molar-refractivity contribution is 9.11. The van der Waals surface area contributed by atoms with Crippen molar-refractivity contribution in [1.82, 2.24) is 14.6 Å². The first-order chi connectivity index (χ1) is 17.5. The average molecular weight is 602 g/mol. The Balaban J connectivity index is 1.75. The Kier molecular flexibility index (Phi) is 10.0. The smallest absolute Gasteiger partial charge is 0.459 e. The number of aliphatic hydroxyl groups is 1. The van der Waals surface area contributed by atoms with Crippen molar-refractivity contribution in [3.63, 3.8) is 0 Å². The van der Waals surface area contributed by atoms with Crippen LogP contribution in [-0.4, -0.2) is 51.6 Å². The summed E-state index contributed by atoms with van der Waals surface area (Å²) in [6.07, 6.45) is -0.613. The van der Waals surface area contributed by atoms with Gasteiger partial charge in [-0.25, -0.2) is 9.36 Å². The number of ether oxygens (including phenoxy) is 2. The van der Waals surface area contributed by atoms with E-state index >= 15 is 0 Å². The molecule has 2 aromatic rings. The number of benzene rings is 1. The van der Waals surface area contributed by atoms with Crippen LogP contribution in [0.2, 0.25) is 0 Å². The molecule has 3 N–H and O–H groups in total. The predicted molar refractivity (Wildman–Crippen MR) is 138 cm³/mol. The number of carbonyl (C=O) groups is 1. The molecule has 3 rings (SSSR count). The zero-order valence-corrected chi connectivity index (χ0v) is 22.9. The van der Waals surface area contributed by atoms with Crippen LogP contribution in [0.4, 0.5) is 0 Å². The van der Waals surface area contributed by atoms with E-state index in [9.17, 15) is 24.1 Å². The first-order valence-corrected chi connectivity index (χ1v) is 13.9. The van der Waals surface area contributed by atoms with Crippen LogP contribution in [0.15, 0.2) is 51.1 Å². The van der Waals surface area contributed by atoms with Gasteiger partial charge in [0.2, 0.25) is 0 Å². The molecule has 5 atom stereocenters. The molecule has 1 saturated heterocycles. The summed E-state index contributed by atoms with van der Waals surface area (Å²) in [5, 5.41) is 13.1. The fraction of sp³-hybridized carbons (Fsp3) is 0.435. The third-order valence-corrected chi connectivity index (χ3v) is 7.10. The summed E-state index contributed by atoms with van der Waals surface area (Å²) in [5.41, 5.74) is -1.10. The number of aliphatic hydroxyl groups excluding tert-OH is 1. The molecule has 1 fully saturated rings. The summed E-state index contributed by atoms with van der Waals surface area (Å²) >= 11 is 3.08. The SMILES string of the molecule is CC(C)OC(=O)[C@H](C)NP(=O)(OCC1OC(n2cc(C=CBr)c(=O)[nH]c2=O)CC1O)Oc1ccccc1. The van der Waals surface area contributed by atoms with Gasteiger partial charge in [0.1, 0.15) is 24.1 Å². The van der Waals surface area contributed by atoms with Crippen LogP contribution in [0.5, 0.6) is 5.75 Å². The van der Waals surface area contributed by atoms with Gasteiger partial charge in [0.15, 0.2) is 0 Å². The molecule has 1 aromatic heterocycles. The summed E-state index contributed by atoms with van der Waals surface area (Å²) in [5.74, 6) is -0.431. The highest BCUT2D eigenvalue weighted by Gasteiger charge is 2.39. The van der Waals surface area contributed by atoms with E-state index in [1.807, 2.05) is 0 Å². The molecule has 0 radical (unpaired) electrons. The van der Waals surface area contributed by atoms with Crippen LogP contribution in [-0.2, 0) is 23.4 Å². The Morgan fingerprint density at radius 2 is 2.03 bits per heavy atom. The van der Waals surface area contributed by atoms with Crippen molar-refractivity contribution in [2.24, 2.45) is 0 Å². The Labute approximate surface area is 221 Å². The molecule has 0 amide bonds. The van der Waals surface area contributed by atoms with E-state index in [1.54, 1.807) is 44.2 Å². The van der Waals surface area contributed by atoms with E-state index < -0.39 is 56.0 Å². The van der Waals surface area contributed by atoms with Gasteiger partial charge >= 0.3 is 19.4 Å². The van der Waals surface area contributed by atoms with Gasteiger partial charge < -0.3 is 19.1 Å². The zero-order chi connectivity index (χ0) is 27.2. The Morgan fingerprint density at radius 1 is 1.32 bits per heavy atom. The van der Waals surface area contributed by atoms with Crippen molar-refractivity contribution >= 4 is 35.7 Å². The summed E-state index contributed by atoms with van der Waals surface area (Å²) in [6.45, 7) is 4.42. The molecule has 202 valence electrons. The first-order valence-electron chi connectivity index (χ1n) is 11.4. The van der Waals surface area contributed by atoms with Gasteiger partial charge in [-0.2, -0.15) is 5.09 Å². The maximum absolute atomic E-state index is 13.6. The number of carbonyl (C=O) groups excluding carboxylic acids is 1. The highest BCUT2D eigenvalue weighted by atomic mass is 79.9. The van der Waals surface area contributed by atoms with Crippen molar-refractivity contribution in [1.29, 1.82) is 0 Å². The number of rotatable bonds is 11. The molecule has 0 aliphatic carbocycles. The Hall–Kier alpha value is -2.54. The largest absolute Gasteiger partial charge is 0.462 e. The van der Waals surface area contributed by atoms with Gasteiger partial charge in [-0.1, -0.05) is 34.1 Å². The maximum Gasteiger partial charge on any atom is 0.459 e. The average Bonchev–Trinajstić information content (AvgIpc) is 3.20. The lowest BCUT2D eigenvalue weighted by molar-refractivity contribution is -0.149. The van der Waals surface area contributed by atoms with Crippen molar-refractivity contribution < 1.29 is 33.0 Å². The molecule has 1 aromatic carbocycles. The number of hydrogen-bond donors (Lipinski definition) is 3. The summed E-state index contributed by atoms with van der Waals surface area (Å²) in [4.78, 5) is 40.2. The number of para-hydroxylation sites is 1. The van der Waals surface area contributed by atoms with E-state index in [0.29, 0.717) is 0 Å². The molecule has 2 heterocycles. The number of hydrogen-bond acceptors (Lipinski definition) is 9. The van der Waals surface area contributed by atoms with Crippen molar-refractivity contribution in [3.05, 3.63) is 67.9 Å². The molecular weight excluding hydrogens is 573 g/mol. The van der Waals surface area contributed by atoms with Crippen LogP contribution in [0.1, 0.15) is 39.0 Å². The second-order valence-electron chi connectivity index (χ2n) is 8.51. The molecule has 0 bridgehead atoms. The second-order valence-corrected chi connectivity index (χ2v) is 10.7. The van der Waals surface area contributed by atoms with Crippen LogP contribution in [0.3, 0.4) is 0 Å². The second kappa shape index (κ2) is 12.8. The molecular formula is C23H29BrN3O9P. The minimum absolute atomic E-state index is 0.00579. The fourth-order valence-electron chi connectivity index (χ4n) is 3.44. The van der Waals surface area contributed by atoms with Gasteiger partial charge in [0.25, 0.3) is 5.56 Å². The van der Waals surface area contributed by atoms with Crippen LogP contribution < -0.4 is 20.9 Å². The molecule has 14 heteroatoms. The van der Waals surface area contributed by atoms with Crippen molar-refractivity contribution in [3.8, 4) is 5.75 Å². The summed E-state index contributed by atoms with van der Waals surface area (Å²) in [7, 11) is -4.17. The number of nitrogens with one attached hydrogen (secondary N) is 2. The van der Waals surface area contributed by atoms with Gasteiger partial charge in [-0.05, 0) is 44.0 Å². The Bertz CT molecular complexity index is 1260. The van der Waals surface area contributed by atoms with Gasteiger partial charge in [0.05, 0.1) is 24.4 Å². The highest BCUT2D eigenvalue weighted by Crippen LogP contribution is 2.46. The fourth-order valence-corrected chi connectivity index (χ4v) is 5.23. The third kappa shape index (κ3) is 7.97. The Morgan fingerprint density at radius 3 is 2.68 bits per heavy atom. The van der Waals surface area contributed by atoms with Gasteiger partial charge in [-0.3, -0.25) is 23.7 Å². The van der Waals surface area contributed by atoms with E-state index in [0.717, 1.165) is 4.57 Å². The normalized spacial score (nSPS) is 22.2. The molecule has 4 unspecified atom stereocenters. The standard InChI is InChI=1S/C23H29BrN3O9P/c1-14(2)34-22(30)15(3)26-37(32,36-17-7-5-4-6-8-17)33-13-19-18(28)11-20(35-19)27-12-16(9-10-24)21(29)25-23(27)31/h4-10,12,14-15,18-20,28H,11,13H2,1-3H3,(H,26,32)(H,25,29,31)/t15-,18?,19?,20?,37?/m0/s1. The number of aromatic nitrogens is 2. The number of halogens is 1. The minimum Gasteiger partial charge on any atom is -0.462 e. The first kappa shape index (κ1) is 29.0. The predicted octanol–water partition coefficient (Wildman–Crippen LogP) is 2.68. The molecule has 1 aliphatic rings. The lowest BCUT2D eigenvalue weighted by Gasteiger charge is -2.25. The zero-order valence-electron chi connectivity index (χ0n) is 20.4. The van der Waals surface area contributed by atoms with Crippen molar-refractivity contribution in [2.75, 3.05) is 6.61 Å². The van der Waals surface area contributed by atoms with E-state index in [1.165, 1.54) is 24.2 Å². The van der Waals surface area contributed by atoms with E-state index in [2.05, 4.69) is 26.0 Å². The lowest BCUT2D eigenvalue weighted by Crippen LogP contribution is -2.37. The van der Waals surface area contributed by atoms with E-state index in [-0.39, 0.29) is 23.8 Å². The third-order valence-electron chi connectivity index (χ3n) is 5.19. The van der Waals surface area contributed by atoms with E-state index in [4.69, 9.17) is 18.5 Å². The van der Waals surface area contributed by atoms with Crippen LogP contribution in [0.25, 0.3) is 6.08 Å². The molecule has 0 saturated carbocycles. The topological polar surface area (TPSA) is 158 Å². The van der Waals surface area contributed by atoms with Crippen LogP contribution in [0, 0.1) is 0 Å². The van der Waals surface area contributed by atoms with Gasteiger partial charge in [-0.15, -0.1) is 0 Å². The maximum atomic E-state index is 13.6. The number of nitrogens with zero attached hydrogens (tertiary/aromatic N) is 1. The van der Waals surface area contributed by atoms with Crippen molar-refractivity contribution in [2.45, 2.75) is 57.8 Å². The quantitative estimate of drug-likeness (QED) is 0.258. The van der Waals surface area contributed by atoms with Crippen LogP contribution >= 0.6 is 23.7 Å². The van der Waals surface area contributed by atoms with Gasteiger partial charge in [0, 0.05) is 12.6 Å². The molecule has 1 aliphatic heterocycles. The lowest BCUT2D eigenvalue weighted by atomic mass is 10.2. The number of esters is 1. The number of H-pyrrole nitrogens is 1. The monoisotopic (exact) mass is 601 g/mol. The summed E-state index contributed by atoms with van der Waals surface area (Å²) < 4.78 is 36.9.